The Kier molecular flexibility index (Phi) is 7.32. The largest absolute Gasteiger partial charge is 0.316 e. The summed E-state index contributed by atoms with van der Waals surface area (Å²) >= 11 is 0. The van der Waals surface area contributed by atoms with Crippen LogP contribution in [0.4, 0.5) is 0 Å². The monoisotopic (exact) mass is 281 g/mol. The predicted octanol–water partition coefficient (Wildman–Crippen LogP) is 2.57. The van der Waals surface area contributed by atoms with Crippen LogP contribution in [0.15, 0.2) is 0 Å². The van der Waals surface area contributed by atoms with Crippen molar-refractivity contribution in [3.8, 4) is 0 Å². The SMILES string of the molecule is CC(C)CNCCCCCCN1CCN(C2CC2)CC1. The van der Waals surface area contributed by atoms with E-state index in [0.29, 0.717) is 0 Å². The molecule has 2 rings (SSSR count). The second kappa shape index (κ2) is 9.01. The number of piperazine rings is 1. The Morgan fingerprint density at radius 1 is 0.950 bits per heavy atom. The average Bonchev–Trinajstić information content (AvgIpc) is 3.27. The lowest BCUT2D eigenvalue weighted by atomic mass is 10.1. The molecule has 1 saturated heterocycles. The fraction of sp³-hybridized carbons (Fsp3) is 1.00. The summed E-state index contributed by atoms with van der Waals surface area (Å²) < 4.78 is 0. The first-order valence-corrected chi connectivity index (χ1v) is 8.93. The Morgan fingerprint density at radius 2 is 1.65 bits per heavy atom. The maximum Gasteiger partial charge on any atom is 0.0113 e. The van der Waals surface area contributed by atoms with Crippen molar-refractivity contribution in [1.82, 2.24) is 15.1 Å². The van der Waals surface area contributed by atoms with Gasteiger partial charge in [-0.2, -0.15) is 0 Å². The number of hydrogen-bond acceptors (Lipinski definition) is 3. The fourth-order valence-corrected chi connectivity index (χ4v) is 3.12. The molecule has 0 aromatic heterocycles. The van der Waals surface area contributed by atoms with E-state index in [-0.39, 0.29) is 0 Å². The average molecular weight is 281 g/mol. The van der Waals surface area contributed by atoms with Gasteiger partial charge in [-0.05, 0) is 51.2 Å². The molecule has 0 atom stereocenters. The van der Waals surface area contributed by atoms with Crippen molar-refractivity contribution >= 4 is 0 Å². The van der Waals surface area contributed by atoms with Crippen LogP contribution >= 0.6 is 0 Å². The van der Waals surface area contributed by atoms with E-state index in [4.69, 9.17) is 0 Å². The third kappa shape index (κ3) is 6.55. The first-order valence-electron chi connectivity index (χ1n) is 8.93. The van der Waals surface area contributed by atoms with Gasteiger partial charge in [0.05, 0.1) is 0 Å². The maximum absolute atomic E-state index is 3.53. The highest BCUT2D eigenvalue weighted by molar-refractivity contribution is 4.87. The van der Waals surface area contributed by atoms with Crippen LogP contribution in [0.2, 0.25) is 0 Å². The molecule has 1 N–H and O–H groups in total. The van der Waals surface area contributed by atoms with E-state index in [0.717, 1.165) is 12.0 Å². The van der Waals surface area contributed by atoms with Gasteiger partial charge in [0.1, 0.15) is 0 Å². The number of nitrogens with zero attached hydrogens (tertiary/aromatic N) is 2. The molecule has 0 amide bonds. The second-order valence-corrected chi connectivity index (χ2v) is 7.12. The minimum absolute atomic E-state index is 0.782. The third-order valence-corrected chi connectivity index (χ3v) is 4.60. The zero-order chi connectivity index (χ0) is 14.2. The van der Waals surface area contributed by atoms with Crippen molar-refractivity contribution in [2.45, 2.75) is 58.4 Å². The molecule has 20 heavy (non-hydrogen) atoms. The lowest BCUT2D eigenvalue weighted by Crippen LogP contribution is -2.47. The molecule has 1 saturated carbocycles. The zero-order valence-electron chi connectivity index (χ0n) is 13.7. The smallest absolute Gasteiger partial charge is 0.0113 e. The molecule has 0 unspecified atom stereocenters. The second-order valence-electron chi connectivity index (χ2n) is 7.12. The number of hydrogen-bond donors (Lipinski definition) is 1. The molecule has 1 heterocycles. The highest BCUT2D eigenvalue weighted by Gasteiger charge is 2.30. The Hall–Kier alpha value is -0.120. The quantitative estimate of drug-likeness (QED) is 0.621. The normalized spacial score (nSPS) is 21.8. The van der Waals surface area contributed by atoms with Crippen LogP contribution in [0.3, 0.4) is 0 Å². The molecule has 2 aliphatic rings. The van der Waals surface area contributed by atoms with Crippen LogP contribution in [0.25, 0.3) is 0 Å². The van der Waals surface area contributed by atoms with Crippen molar-refractivity contribution in [3.63, 3.8) is 0 Å². The molecule has 0 aromatic rings. The molecule has 0 aromatic carbocycles. The Balaban J connectivity index is 1.36. The molecule has 3 heteroatoms. The first-order chi connectivity index (χ1) is 9.75. The van der Waals surface area contributed by atoms with Crippen LogP contribution in [0, 0.1) is 5.92 Å². The Labute approximate surface area is 126 Å². The summed E-state index contributed by atoms with van der Waals surface area (Å²) in [7, 11) is 0. The van der Waals surface area contributed by atoms with Gasteiger partial charge >= 0.3 is 0 Å². The van der Waals surface area contributed by atoms with Crippen molar-refractivity contribution in [1.29, 1.82) is 0 Å². The summed E-state index contributed by atoms with van der Waals surface area (Å²) in [5.41, 5.74) is 0. The molecule has 3 nitrogen and oxygen atoms in total. The van der Waals surface area contributed by atoms with E-state index in [2.05, 4.69) is 29.0 Å². The van der Waals surface area contributed by atoms with Crippen molar-refractivity contribution in [2.75, 3.05) is 45.8 Å². The van der Waals surface area contributed by atoms with E-state index >= 15 is 0 Å². The van der Waals surface area contributed by atoms with E-state index in [1.54, 1.807) is 0 Å². The molecular weight excluding hydrogens is 246 g/mol. The standard InChI is InChI=1S/C17H35N3/c1-16(2)15-18-9-5-3-4-6-10-19-11-13-20(14-12-19)17-7-8-17/h16-18H,3-15H2,1-2H3. The number of nitrogens with one attached hydrogen (secondary N) is 1. The van der Waals surface area contributed by atoms with Gasteiger partial charge in [0.15, 0.2) is 0 Å². The van der Waals surface area contributed by atoms with Crippen LogP contribution in [0.5, 0.6) is 0 Å². The summed E-state index contributed by atoms with van der Waals surface area (Å²) in [4.78, 5) is 5.38. The van der Waals surface area contributed by atoms with E-state index in [1.807, 2.05) is 0 Å². The minimum Gasteiger partial charge on any atom is -0.316 e. The molecule has 2 fully saturated rings. The van der Waals surface area contributed by atoms with Gasteiger partial charge in [-0.1, -0.05) is 26.7 Å². The summed E-state index contributed by atoms with van der Waals surface area (Å²) in [5.74, 6) is 0.782. The van der Waals surface area contributed by atoms with E-state index in [1.165, 1.54) is 84.3 Å². The first kappa shape index (κ1) is 16.3. The number of unbranched alkanes of at least 4 members (excludes halogenated alkanes) is 3. The maximum atomic E-state index is 3.53. The van der Waals surface area contributed by atoms with Crippen molar-refractivity contribution in [3.05, 3.63) is 0 Å². The molecule has 0 bridgehead atoms. The molecular formula is C17H35N3. The van der Waals surface area contributed by atoms with Gasteiger partial charge in [0, 0.05) is 32.2 Å². The van der Waals surface area contributed by atoms with Crippen molar-refractivity contribution < 1.29 is 0 Å². The molecule has 0 radical (unpaired) electrons. The minimum atomic E-state index is 0.782. The topological polar surface area (TPSA) is 18.5 Å². The summed E-state index contributed by atoms with van der Waals surface area (Å²) in [6.07, 6.45) is 8.48. The van der Waals surface area contributed by atoms with Gasteiger partial charge in [0.25, 0.3) is 0 Å². The van der Waals surface area contributed by atoms with Gasteiger partial charge in [-0.3, -0.25) is 4.90 Å². The number of rotatable bonds is 10. The van der Waals surface area contributed by atoms with Crippen LogP contribution in [0.1, 0.15) is 52.4 Å². The van der Waals surface area contributed by atoms with Crippen molar-refractivity contribution in [2.24, 2.45) is 5.92 Å². The highest BCUT2D eigenvalue weighted by atomic mass is 15.3. The summed E-state index contributed by atoms with van der Waals surface area (Å²) in [6, 6.07) is 0.968. The third-order valence-electron chi connectivity index (χ3n) is 4.60. The lowest BCUT2D eigenvalue weighted by molar-refractivity contribution is 0.125. The fourth-order valence-electron chi connectivity index (χ4n) is 3.12. The van der Waals surface area contributed by atoms with Gasteiger partial charge < -0.3 is 10.2 Å². The lowest BCUT2D eigenvalue weighted by Gasteiger charge is -2.34. The van der Waals surface area contributed by atoms with Crippen LogP contribution in [-0.4, -0.2) is 61.7 Å². The molecule has 1 aliphatic heterocycles. The Bertz CT molecular complexity index is 243. The van der Waals surface area contributed by atoms with Crippen LogP contribution < -0.4 is 5.32 Å². The summed E-state index contributed by atoms with van der Waals surface area (Å²) in [5, 5.41) is 3.53. The van der Waals surface area contributed by atoms with Gasteiger partial charge in [-0.25, -0.2) is 0 Å². The van der Waals surface area contributed by atoms with E-state index < -0.39 is 0 Å². The summed E-state index contributed by atoms with van der Waals surface area (Å²) in [6.45, 7) is 13.5. The van der Waals surface area contributed by atoms with Crippen LogP contribution in [-0.2, 0) is 0 Å². The predicted molar refractivity (Wildman–Crippen MR) is 87.2 cm³/mol. The van der Waals surface area contributed by atoms with E-state index in [9.17, 15) is 0 Å². The van der Waals surface area contributed by atoms with Gasteiger partial charge in [0.2, 0.25) is 0 Å². The van der Waals surface area contributed by atoms with Gasteiger partial charge in [-0.15, -0.1) is 0 Å². The molecule has 1 aliphatic carbocycles. The molecule has 118 valence electrons. The zero-order valence-corrected chi connectivity index (χ0v) is 13.7. The molecule has 0 spiro atoms. The Morgan fingerprint density at radius 3 is 2.30 bits per heavy atom. The highest BCUT2D eigenvalue weighted by Crippen LogP contribution is 2.27.